The Hall–Kier alpha value is -5.02. The maximum Gasteiger partial charge on any atom is 0.315 e. The first kappa shape index (κ1) is 33.9. The van der Waals surface area contributed by atoms with Crippen LogP contribution < -0.4 is 14.8 Å². The maximum atomic E-state index is 16.7. The normalized spacial score (nSPS) is 18.2. The van der Waals surface area contributed by atoms with Crippen LogP contribution >= 0.6 is 11.6 Å². The van der Waals surface area contributed by atoms with E-state index in [4.69, 9.17) is 25.8 Å². The molecule has 2 heterocycles. The van der Waals surface area contributed by atoms with Gasteiger partial charge in [-0.05, 0) is 92.1 Å². The largest absolute Gasteiger partial charge is 0.497 e. The molecule has 0 spiro atoms. The highest BCUT2D eigenvalue weighted by Crippen LogP contribution is 2.53. The molecule has 4 aromatic carbocycles. The van der Waals surface area contributed by atoms with Gasteiger partial charge in [-0.1, -0.05) is 66.2 Å². The molecule has 0 bridgehead atoms. The SMILES string of the molecule is COc1ccc(C(NC2=N[C@](C)(c3cc(-c4ccc(Cl)cn4)ccc3F)C(F)(F)C(C)(C)O2)(c2ccccc2)c2ccc(OC)cc2)cc1. The molecule has 0 fully saturated rings. The van der Waals surface area contributed by atoms with Crippen molar-refractivity contribution in [2.24, 2.45) is 4.99 Å². The van der Waals surface area contributed by atoms with Crippen molar-refractivity contribution in [2.45, 2.75) is 43.4 Å². The summed E-state index contributed by atoms with van der Waals surface area (Å²) in [6.07, 6.45) is 1.44. The van der Waals surface area contributed by atoms with Gasteiger partial charge in [-0.2, -0.15) is 8.78 Å². The molecule has 0 saturated carbocycles. The summed E-state index contributed by atoms with van der Waals surface area (Å²) in [4.78, 5) is 8.88. The van der Waals surface area contributed by atoms with Gasteiger partial charge in [0, 0.05) is 17.3 Å². The van der Waals surface area contributed by atoms with Gasteiger partial charge in [0.2, 0.25) is 0 Å². The molecule has 0 saturated heterocycles. The molecule has 1 aliphatic heterocycles. The number of halogens is 4. The average molecular weight is 686 g/mol. The Morgan fingerprint density at radius 2 is 1.33 bits per heavy atom. The molecule has 0 aliphatic carbocycles. The second kappa shape index (κ2) is 12.8. The Morgan fingerprint density at radius 3 is 1.86 bits per heavy atom. The molecule has 6 rings (SSSR count). The van der Waals surface area contributed by atoms with Crippen LogP contribution in [-0.4, -0.2) is 36.7 Å². The van der Waals surface area contributed by atoms with E-state index in [-0.39, 0.29) is 11.6 Å². The molecule has 1 aromatic heterocycles. The lowest BCUT2D eigenvalue weighted by atomic mass is 9.75. The molecule has 10 heteroatoms. The minimum absolute atomic E-state index is 0.205. The lowest BCUT2D eigenvalue weighted by Crippen LogP contribution is -2.64. The van der Waals surface area contributed by atoms with E-state index in [9.17, 15) is 0 Å². The number of amidine groups is 1. The fraction of sp³-hybridized carbons (Fsp3) is 0.231. The smallest absolute Gasteiger partial charge is 0.315 e. The number of nitrogens with zero attached hydrogens (tertiary/aromatic N) is 2. The van der Waals surface area contributed by atoms with Crippen LogP contribution in [0.1, 0.15) is 43.0 Å². The Kier molecular flexibility index (Phi) is 8.83. The number of hydrogen-bond donors (Lipinski definition) is 1. The summed E-state index contributed by atoms with van der Waals surface area (Å²) >= 11 is 6.03. The van der Waals surface area contributed by atoms with Crippen molar-refractivity contribution < 1.29 is 27.4 Å². The van der Waals surface area contributed by atoms with Crippen LogP contribution in [0.5, 0.6) is 11.5 Å². The first-order valence-corrected chi connectivity index (χ1v) is 15.9. The second-order valence-corrected chi connectivity index (χ2v) is 12.9. The number of alkyl halides is 2. The number of ether oxygens (including phenoxy) is 3. The van der Waals surface area contributed by atoms with Crippen LogP contribution in [-0.2, 0) is 15.8 Å². The predicted molar refractivity (Wildman–Crippen MR) is 185 cm³/mol. The number of aromatic nitrogens is 1. The van der Waals surface area contributed by atoms with Gasteiger partial charge in [0.1, 0.15) is 22.9 Å². The number of hydrogen-bond acceptors (Lipinski definition) is 6. The van der Waals surface area contributed by atoms with Crippen molar-refractivity contribution in [3.05, 3.63) is 148 Å². The summed E-state index contributed by atoms with van der Waals surface area (Å²) in [7, 11) is 3.15. The molecule has 6 nitrogen and oxygen atoms in total. The van der Waals surface area contributed by atoms with Crippen molar-refractivity contribution in [1.29, 1.82) is 0 Å². The van der Waals surface area contributed by atoms with Crippen molar-refractivity contribution in [3.8, 4) is 22.8 Å². The monoisotopic (exact) mass is 685 g/mol. The van der Waals surface area contributed by atoms with E-state index in [1.165, 1.54) is 39.1 Å². The Morgan fingerprint density at radius 1 is 0.755 bits per heavy atom. The van der Waals surface area contributed by atoms with E-state index >= 15 is 13.2 Å². The highest BCUT2D eigenvalue weighted by atomic mass is 35.5. The molecular formula is C39H35ClF3N3O3. The lowest BCUT2D eigenvalue weighted by molar-refractivity contribution is -0.209. The van der Waals surface area contributed by atoms with E-state index in [1.807, 2.05) is 78.9 Å². The molecule has 1 atom stereocenters. The number of methoxy groups -OCH3 is 2. The van der Waals surface area contributed by atoms with Crippen LogP contribution in [0.4, 0.5) is 13.2 Å². The lowest BCUT2D eigenvalue weighted by Gasteiger charge is -2.49. The third-order valence-corrected chi connectivity index (χ3v) is 9.33. The van der Waals surface area contributed by atoms with E-state index < -0.39 is 28.4 Å². The molecular weight excluding hydrogens is 651 g/mol. The molecule has 0 radical (unpaired) electrons. The van der Waals surface area contributed by atoms with Gasteiger partial charge >= 0.3 is 5.92 Å². The average Bonchev–Trinajstić information content (AvgIpc) is 3.11. The maximum absolute atomic E-state index is 16.7. The number of benzene rings is 4. The van der Waals surface area contributed by atoms with Crippen LogP contribution in [0.2, 0.25) is 5.02 Å². The molecule has 0 unspecified atom stereocenters. The summed E-state index contributed by atoms with van der Waals surface area (Å²) in [5, 5.41) is 3.86. The summed E-state index contributed by atoms with van der Waals surface area (Å²) in [6.45, 7) is 3.77. The van der Waals surface area contributed by atoms with Gasteiger partial charge in [0.15, 0.2) is 11.1 Å². The third-order valence-electron chi connectivity index (χ3n) is 9.11. The van der Waals surface area contributed by atoms with Crippen molar-refractivity contribution >= 4 is 17.6 Å². The molecule has 49 heavy (non-hydrogen) atoms. The fourth-order valence-corrected chi connectivity index (χ4v) is 6.43. The Labute approximate surface area is 288 Å². The van der Waals surface area contributed by atoms with E-state index in [2.05, 4.69) is 15.3 Å². The van der Waals surface area contributed by atoms with Crippen LogP contribution in [0.25, 0.3) is 11.3 Å². The van der Waals surface area contributed by atoms with Crippen LogP contribution in [0.3, 0.4) is 0 Å². The molecule has 252 valence electrons. The second-order valence-electron chi connectivity index (χ2n) is 12.4. The quantitative estimate of drug-likeness (QED) is 0.165. The minimum Gasteiger partial charge on any atom is -0.497 e. The summed E-state index contributed by atoms with van der Waals surface area (Å²) in [5.41, 5.74) is -3.04. The third kappa shape index (κ3) is 5.86. The van der Waals surface area contributed by atoms with Gasteiger partial charge in [-0.3, -0.25) is 4.98 Å². The zero-order chi connectivity index (χ0) is 35.0. The van der Waals surface area contributed by atoms with Gasteiger partial charge in [-0.25, -0.2) is 9.38 Å². The highest BCUT2D eigenvalue weighted by Gasteiger charge is 2.66. The first-order chi connectivity index (χ1) is 23.3. The fourth-order valence-electron chi connectivity index (χ4n) is 6.32. The highest BCUT2D eigenvalue weighted by molar-refractivity contribution is 6.30. The summed E-state index contributed by atoms with van der Waals surface area (Å²) < 4.78 is 66.3. The molecule has 1 N–H and O–H groups in total. The van der Waals surface area contributed by atoms with Gasteiger partial charge in [0.05, 0.1) is 24.9 Å². The van der Waals surface area contributed by atoms with Crippen molar-refractivity contribution in [3.63, 3.8) is 0 Å². The molecule has 5 aromatic rings. The van der Waals surface area contributed by atoms with Crippen molar-refractivity contribution in [2.75, 3.05) is 14.2 Å². The van der Waals surface area contributed by atoms with Gasteiger partial charge in [-0.15, -0.1) is 0 Å². The number of nitrogens with one attached hydrogen (secondary N) is 1. The number of aliphatic imine (C=N–C) groups is 1. The zero-order valence-corrected chi connectivity index (χ0v) is 28.4. The Bertz CT molecular complexity index is 1920. The number of pyridine rings is 1. The number of rotatable bonds is 8. The van der Waals surface area contributed by atoms with Crippen LogP contribution in [0, 0.1) is 5.82 Å². The Balaban J connectivity index is 1.59. The summed E-state index contributed by atoms with van der Waals surface area (Å²) in [6, 6.07) is 31.3. The van der Waals surface area contributed by atoms with E-state index in [1.54, 1.807) is 26.4 Å². The standard InChI is InChI=1S/C39H35ClF3N3O3/c1-36(2)39(42,43)37(3,32-23-25(11-21-33(32)41)34-22-16-29(40)24-44-34)45-35(49-36)46-38(26-9-7-6-8-10-26,27-12-17-30(47-4)18-13-27)28-14-19-31(48-5)20-15-28/h6-24H,1-5H3,(H,45,46)/t37-/m1/s1. The van der Waals surface area contributed by atoms with E-state index in [0.717, 1.165) is 22.8 Å². The van der Waals surface area contributed by atoms with Gasteiger partial charge in [0.25, 0.3) is 6.02 Å². The van der Waals surface area contributed by atoms with Crippen molar-refractivity contribution in [1.82, 2.24) is 10.3 Å². The van der Waals surface area contributed by atoms with Gasteiger partial charge < -0.3 is 19.5 Å². The molecule has 1 aliphatic rings. The first-order valence-electron chi connectivity index (χ1n) is 15.6. The van der Waals surface area contributed by atoms with Crippen LogP contribution in [0.15, 0.2) is 120 Å². The predicted octanol–water partition coefficient (Wildman–Crippen LogP) is 9.16. The minimum atomic E-state index is -3.69. The topological polar surface area (TPSA) is 65.0 Å². The molecule has 0 amide bonds. The zero-order valence-electron chi connectivity index (χ0n) is 27.6. The summed E-state index contributed by atoms with van der Waals surface area (Å²) in [5.74, 6) is -3.27. The van der Waals surface area contributed by atoms with E-state index in [0.29, 0.717) is 27.8 Å².